The molecule has 304 valence electrons. The summed E-state index contributed by atoms with van der Waals surface area (Å²) in [7, 11) is 3.24. The predicted molar refractivity (Wildman–Crippen MR) is 210 cm³/mol. The zero-order valence-corrected chi connectivity index (χ0v) is 33.5. The Morgan fingerprint density at radius 3 is 2.21 bits per heavy atom. The molecule has 2 aromatic carbocycles. The van der Waals surface area contributed by atoms with Crippen molar-refractivity contribution in [2.75, 3.05) is 78.4 Å². The number of aryl methyl sites for hydroxylation is 1. The lowest BCUT2D eigenvalue weighted by Crippen LogP contribution is -2.52. The number of nitrogens with one attached hydrogen (secondary N) is 1. The van der Waals surface area contributed by atoms with E-state index in [1.165, 1.54) is 4.90 Å². The number of urea groups is 1. The molecule has 0 bridgehead atoms. The predicted octanol–water partition coefficient (Wildman–Crippen LogP) is 4.54. The fourth-order valence-corrected chi connectivity index (χ4v) is 8.78. The molecule has 2 aromatic rings. The number of amides is 5. The molecule has 1 atom stereocenters. The van der Waals surface area contributed by atoms with Gasteiger partial charge in [-0.3, -0.25) is 19.3 Å². The number of phenols is 1. The van der Waals surface area contributed by atoms with E-state index in [0.29, 0.717) is 68.5 Å². The minimum Gasteiger partial charge on any atom is -0.506 e. The second kappa shape index (κ2) is 18.6. The molecule has 56 heavy (non-hydrogen) atoms. The van der Waals surface area contributed by atoms with Crippen LogP contribution in [0.2, 0.25) is 5.02 Å². The van der Waals surface area contributed by atoms with Gasteiger partial charge in [-0.2, -0.15) is 0 Å². The molecule has 0 saturated carbocycles. The summed E-state index contributed by atoms with van der Waals surface area (Å²) < 4.78 is 11.2. The summed E-state index contributed by atoms with van der Waals surface area (Å²) in [5.41, 5.74) is 3.18. The molecule has 15 heteroatoms. The van der Waals surface area contributed by atoms with Crippen LogP contribution in [0.5, 0.6) is 5.75 Å². The summed E-state index contributed by atoms with van der Waals surface area (Å²) in [4.78, 5) is 73.8. The lowest BCUT2D eigenvalue weighted by Gasteiger charge is -2.41. The number of phenolic OH excluding ortho intramolecular Hbond substituents is 1. The van der Waals surface area contributed by atoms with Crippen molar-refractivity contribution in [3.05, 3.63) is 58.1 Å². The van der Waals surface area contributed by atoms with Crippen molar-refractivity contribution < 1.29 is 38.6 Å². The van der Waals surface area contributed by atoms with E-state index in [2.05, 4.69) is 10.2 Å². The summed E-state index contributed by atoms with van der Waals surface area (Å²) in [6.45, 7) is 5.66. The summed E-state index contributed by atoms with van der Waals surface area (Å²) in [5, 5.41) is 13.5. The Kier molecular flexibility index (Phi) is 13.6. The smallest absolute Gasteiger partial charge is 0.410 e. The number of benzene rings is 2. The maximum absolute atomic E-state index is 14.2. The molecule has 4 heterocycles. The molecule has 0 spiro atoms. The molecular formula is C41H55ClN6O8. The minimum absolute atomic E-state index is 0.0236. The molecule has 6 rings (SSSR count). The van der Waals surface area contributed by atoms with Gasteiger partial charge in [0, 0.05) is 65.0 Å². The molecular weight excluding hydrogens is 740 g/mol. The van der Waals surface area contributed by atoms with Gasteiger partial charge in [-0.15, -0.1) is 0 Å². The van der Waals surface area contributed by atoms with Crippen LogP contribution in [0.4, 0.5) is 15.3 Å². The van der Waals surface area contributed by atoms with Gasteiger partial charge in [-0.05, 0) is 106 Å². The highest BCUT2D eigenvalue weighted by molar-refractivity contribution is 6.32. The largest absolute Gasteiger partial charge is 0.506 e. The first kappa shape index (κ1) is 41.1. The van der Waals surface area contributed by atoms with Gasteiger partial charge >= 0.3 is 18.1 Å². The van der Waals surface area contributed by atoms with Crippen molar-refractivity contribution in [2.24, 2.45) is 11.8 Å². The minimum atomic E-state index is -1.08. The molecule has 4 aliphatic heterocycles. The van der Waals surface area contributed by atoms with E-state index >= 15 is 0 Å². The van der Waals surface area contributed by atoms with Crippen LogP contribution in [0.25, 0.3) is 0 Å². The van der Waals surface area contributed by atoms with Gasteiger partial charge in [-0.1, -0.05) is 35.9 Å². The number of likely N-dealkylation sites (tertiary alicyclic amines) is 3. The number of carbonyl (C=O) groups excluding carboxylic acids is 5. The number of hydrogen-bond donors (Lipinski definition) is 2. The van der Waals surface area contributed by atoms with Crippen LogP contribution in [0, 0.1) is 18.8 Å². The number of rotatable bonds is 10. The quantitative estimate of drug-likeness (QED) is 0.331. The Morgan fingerprint density at radius 1 is 0.911 bits per heavy atom. The molecule has 0 aromatic heterocycles. The van der Waals surface area contributed by atoms with Crippen LogP contribution in [0.1, 0.15) is 55.2 Å². The molecule has 3 saturated heterocycles. The summed E-state index contributed by atoms with van der Waals surface area (Å²) >= 11 is 6.31. The number of likely N-dealkylation sites (N-methyl/N-ethyl adjacent to an activating group) is 1. The van der Waals surface area contributed by atoms with E-state index in [1.807, 2.05) is 29.2 Å². The van der Waals surface area contributed by atoms with E-state index in [4.69, 9.17) is 21.1 Å². The van der Waals surface area contributed by atoms with E-state index in [-0.39, 0.29) is 54.2 Å². The highest BCUT2D eigenvalue weighted by Crippen LogP contribution is 2.34. The Balaban J connectivity index is 1.02. The van der Waals surface area contributed by atoms with Crippen LogP contribution >= 0.6 is 11.6 Å². The fourth-order valence-electron chi connectivity index (χ4n) is 8.49. The first-order valence-corrected chi connectivity index (χ1v) is 20.2. The van der Waals surface area contributed by atoms with Gasteiger partial charge in [0.25, 0.3) is 11.8 Å². The second-order valence-electron chi connectivity index (χ2n) is 15.8. The van der Waals surface area contributed by atoms with Gasteiger partial charge in [-0.25, -0.2) is 9.59 Å². The highest BCUT2D eigenvalue weighted by atomic mass is 35.5. The molecule has 5 amide bonds. The average Bonchev–Trinajstić information content (AvgIpc) is 3.36. The molecule has 0 radical (unpaired) electrons. The van der Waals surface area contributed by atoms with Crippen molar-refractivity contribution in [3.63, 3.8) is 0 Å². The number of hydrogen-bond acceptors (Lipinski definition) is 9. The van der Waals surface area contributed by atoms with E-state index in [0.717, 1.165) is 56.4 Å². The lowest BCUT2D eigenvalue weighted by atomic mass is 9.78. The van der Waals surface area contributed by atoms with Crippen molar-refractivity contribution in [1.82, 2.24) is 24.5 Å². The first-order chi connectivity index (χ1) is 26.9. The Labute approximate surface area is 334 Å². The zero-order valence-electron chi connectivity index (χ0n) is 32.7. The van der Waals surface area contributed by atoms with Crippen LogP contribution < -0.4 is 5.32 Å². The summed E-state index contributed by atoms with van der Waals surface area (Å²) in [6.07, 6.45) is 3.95. The summed E-state index contributed by atoms with van der Waals surface area (Å²) in [6, 6.07) is 11.0. The third kappa shape index (κ3) is 10.2. The Hall–Kier alpha value is -4.56. The van der Waals surface area contributed by atoms with Gasteiger partial charge in [0.05, 0.1) is 11.6 Å². The third-order valence-corrected chi connectivity index (χ3v) is 12.2. The molecule has 3 fully saturated rings. The van der Waals surface area contributed by atoms with Gasteiger partial charge < -0.3 is 39.5 Å². The number of aromatic hydroxyl groups is 1. The summed E-state index contributed by atoms with van der Waals surface area (Å²) in [5.74, 6) is -0.0189. The van der Waals surface area contributed by atoms with Gasteiger partial charge in [0.1, 0.15) is 5.75 Å². The molecule has 14 nitrogen and oxygen atoms in total. The molecule has 0 aliphatic carbocycles. The van der Waals surface area contributed by atoms with Crippen molar-refractivity contribution >= 4 is 47.2 Å². The third-order valence-electron chi connectivity index (χ3n) is 11.9. The number of nitrogens with zero attached hydrogens (tertiary/aromatic N) is 5. The number of para-hydroxylation sites is 1. The number of fused-ring (bicyclic) bond motifs is 1. The maximum atomic E-state index is 14.2. The van der Waals surface area contributed by atoms with Crippen molar-refractivity contribution in [3.8, 4) is 5.75 Å². The number of carbonyl (C=O) groups is 5. The second-order valence-corrected chi connectivity index (χ2v) is 16.2. The van der Waals surface area contributed by atoms with E-state index in [9.17, 15) is 29.1 Å². The van der Waals surface area contributed by atoms with Crippen LogP contribution in [-0.4, -0.2) is 145 Å². The average molecular weight is 795 g/mol. The van der Waals surface area contributed by atoms with Crippen LogP contribution in [-0.2, 0) is 36.7 Å². The Bertz CT molecular complexity index is 1730. The van der Waals surface area contributed by atoms with Crippen LogP contribution in [0.15, 0.2) is 36.4 Å². The number of piperidine rings is 3. The number of halogens is 1. The van der Waals surface area contributed by atoms with Crippen molar-refractivity contribution in [1.29, 1.82) is 0 Å². The molecule has 4 aliphatic rings. The van der Waals surface area contributed by atoms with Gasteiger partial charge in [0.2, 0.25) is 0 Å². The zero-order chi connectivity index (χ0) is 39.9. The standard InChI is InChI=1S/C41H55ClN6O8/c1-27-22-28(23-33(42)38(27)51)24-35(56-41(54)47-19-13-32(14-20-47)48-21-12-31-6-4-5-7-34(31)43-40(48)53)39(52)46-17-10-30(11-18-46)29-8-15-45(16-9-29)25-37(50)55-26-36(49)44(2)3/h4-7,22-23,29-30,32,35,51H,8-21,24-26H2,1-3H3,(H,43,53)/t35-/m1/s1. The highest BCUT2D eigenvalue weighted by Gasteiger charge is 2.37. The molecule has 2 N–H and O–H groups in total. The first-order valence-electron chi connectivity index (χ1n) is 19.8. The number of ether oxygens (including phenoxy) is 2. The number of esters is 1. The SMILES string of the molecule is Cc1cc(C[C@@H](OC(=O)N2CCC(N3CCc4ccccc4NC3=O)CC2)C(=O)N2CCC(C3CCN(CC(=O)OCC(=O)N(C)C)CC3)CC2)cc(Cl)c1O. The van der Waals surface area contributed by atoms with Gasteiger partial charge in [0.15, 0.2) is 12.7 Å². The van der Waals surface area contributed by atoms with E-state index in [1.54, 1.807) is 43.0 Å². The monoisotopic (exact) mass is 794 g/mol. The fraction of sp³-hybridized carbons (Fsp3) is 0.585. The normalized spacial score (nSPS) is 19.4. The van der Waals surface area contributed by atoms with Crippen LogP contribution in [0.3, 0.4) is 0 Å². The Morgan fingerprint density at radius 2 is 1.55 bits per heavy atom. The lowest BCUT2D eigenvalue weighted by molar-refractivity contribution is -0.152. The van der Waals surface area contributed by atoms with Crippen molar-refractivity contribution in [2.45, 2.75) is 70.4 Å². The van der Waals surface area contributed by atoms with E-state index < -0.39 is 18.2 Å². The molecule has 0 unspecified atom stereocenters. The maximum Gasteiger partial charge on any atom is 0.410 e. The number of anilines is 1. The topological polar surface area (TPSA) is 152 Å².